The molecule has 6 heteroatoms. The number of H-pyrrole nitrogens is 1. The minimum absolute atomic E-state index is 0.114. The van der Waals surface area contributed by atoms with E-state index in [1.54, 1.807) is 13.1 Å². The molecule has 0 aromatic carbocycles. The van der Waals surface area contributed by atoms with E-state index in [9.17, 15) is 4.79 Å². The summed E-state index contributed by atoms with van der Waals surface area (Å²) in [6, 6.07) is 5.49. The number of nitrogens with zero attached hydrogens (tertiary/aromatic N) is 2. The van der Waals surface area contributed by atoms with Crippen LogP contribution in [0.25, 0.3) is 0 Å². The van der Waals surface area contributed by atoms with E-state index in [0.29, 0.717) is 10.9 Å². The van der Waals surface area contributed by atoms with Crippen LogP contribution in [-0.2, 0) is 6.42 Å². The summed E-state index contributed by atoms with van der Waals surface area (Å²) in [5.41, 5.74) is 7.63. The van der Waals surface area contributed by atoms with Gasteiger partial charge >= 0.3 is 0 Å². The van der Waals surface area contributed by atoms with Crippen LogP contribution < -0.4 is 11.3 Å². The molecular weight excluding hydrogens is 272 g/mol. The highest BCUT2D eigenvalue weighted by Crippen LogP contribution is 2.26. The minimum Gasteiger partial charge on any atom is -0.327 e. The third-order valence-corrected chi connectivity index (χ3v) is 3.85. The smallest absolute Gasteiger partial charge is 0.251 e. The Hall–Kier alpha value is -1.66. The topological polar surface area (TPSA) is 84.7 Å². The zero-order valence-electron chi connectivity index (χ0n) is 11.6. The van der Waals surface area contributed by atoms with Crippen LogP contribution in [0.3, 0.4) is 0 Å². The van der Waals surface area contributed by atoms with Crippen molar-refractivity contribution in [2.24, 2.45) is 5.73 Å². The van der Waals surface area contributed by atoms with E-state index in [2.05, 4.69) is 21.9 Å². The molecule has 5 nitrogen and oxygen atoms in total. The molecule has 1 atom stereocenters. The number of aryl methyl sites for hydroxylation is 1. The summed E-state index contributed by atoms with van der Waals surface area (Å²) in [6.07, 6.45) is 3.42. The number of pyridine rings is 1. The average Bonchev–Trinajstić information content (AvgIpc) is 2.39. The number of aromatic amines is 1. The summed E-state index contributed by atoms with van der Waals surface area (Å²) in [7, 11) is 0. The molecular formula is C14H18N4OS. The van der Waals surface area contributed by atoms with Crippen LogP contribution in [0, 0.1) is 6.92 Å². The molecule has 0 aliphatic carbocycles. The fourth-order valence-electron chi connectivity index (χ4n) is 1.79. The summed E-state index contributed by atoms with van der Waals surface area (Å²) < 4.78 is 0. The Balaban J connectivity index is 2.26. The van der Waals surface area contributed by atoms with Gasteiger partial charge in [0.05, 0.1) is 0 Å². The van der Waals surface area contributed by atoms with Crippen LogP contribution >= 0.6 is 11.8 Å². The van der Waals surface area contributed by atoms with Gasteiger partial charge in [0.1, 0.15) is 5.03 Å². The quantitative estimate of drug-likeness (QED) is 0.822. The fraction of sp³-hybridized carbons (Fsp3) is 0.357. The highest BCUT2D eigenvalue weighted by atomic mass is 32.2. The lowest BCUT2D eigenvalue weighted by molar-refractivity contribution is 0.637. The average molecular weight is 290 g/mol. The predicted octanol–water partition coefficient (Wildman–Crippen LogP) is 1.90. The molecule has 2 heterocycles. The van der Waals surface area contributed by atoms with Gasteiger partial charge in [-0.15, -0.1) is 0 Å². The molecule has 0 bridgehead atoms. The number of nitrogens with one attached hydrogen (secondary N) is 1. The van der Waals surface area contributed by atoms with Gasteiger partial charge in [-0.3, -0.25) is 4.79 Å². The van der Waals surface area contributed by atoms with Gasteiger partial charge in [-0.05, 0) is 43.2 Å². The number of hydrogen-bond acceptors (Lipinski definition) is 5. The monoisotopic (exact) mass is 290 g/mol. The first-order valence-electron chi connectivity index (χ1n) is 6.53. The highest BCUT2D eigenvalue weighted by molar-refractivity contribution is 7.99. The van der Waals surface area contributed by atoms with Crippen LogP contribution in [0.2, 0.25) is 0 Å². The first kappa shape index (κ1) is 14.7. The maximum atomic E-state index is 11.5. The van der Waals surface area contributed by atoms with E-state index < -0.39 is 0 Å². The normalized spacial score (nSPS) is 12.3. The van der Waals surface area contributed by atoms with E-state index >= 15 is 0 Å². The van der Waals surface area contributed by atoms with Crippen molar-refractivity contribution in [1.29, 1.82) is 0 Å². The van der Waals surface area contributed by atoms with Gasteiger partial charge in [0, 0.05) is 24.0 Å². The Kier molecular flexibility index (Phi) is 4.92. The molecule has 2 aromatic heterocycles. The van der Waals surface area contributed by atoms with Crippen LogP contribution in [-0.4, -0.2) is 21.0 Å². The Bertz CT molecular complexity index is 641. The number of hydrogen-bond donors (Lipinski definition) is 2. The lowest BCUT2D eigenvalue weighted by Crippen LogP contribution is -2.21. The van der Waals surface area contributed by atoms with Gasteiger partial charge in [-0.2, -0.15) is 0 Å². The van der Waals surface area contributed by atoms with Crippen molar-refractivity contribution >= 4 is 11.8 Å². The number of nitrogens with two attached hydrogens (primary N) is 1. The molecule has 2 aromatic rings. The van der Waals surface area contributed by atoms with Gasteiger partial charge in [-0.1, -0.05) is 13.0 Å². The van der Waals surface area contributed by atoms with E-state index in [0.717, 1.165) is 23.4 Å². The molecule has 0 saturated heterocycles. The third kappa shape index (κ3) is 3.91. The SMILES string of the molecule is CCC(N)Cc1cccnc1Sc1nc(C)cc(=O)[nH]1. The summed E-state index contributed by atoms with van der Waals surface area (Å²) in [5, 5.41) is 1.39. The van der Waals surface area contributed by atoms with Gasteiger partial charge < -0.3 is 10.7 Å². The second-order valence-electron chi connectivity index (χ2n) is 4.63. The van der Waals surface area contributed by atoms with Crippen LogP contribution in [0.15, 0.2) is 39.4 Å². The van der Waals surface area contributed by atoms with Gasteiger partial charge in [0.15, 0.2) is 5.16 Å². The van der Waals surface area contributed by atoms with Crippen molar-refractivity contribution in [2.75, 3.05) is 0 Å². The summed E-state index contributed by atoms with van der Waals surface area (Å²) in [5.74, 6) is 0. The number of aromatic nitrogens is 3. The molecule has 1 unspecified atom stereocenters. The zero-order valence-corrected chi connectivity index (χ0v) is 12.4. The Morgan fingerprint density at radius 3 is 3.00 bits per heavy atom. The largest absolute Gasteiger partial charge is 0.327 e. The van der Waals surface area contributed by atoms with Crippen molar-refractivity contribution in [3.63, 3.8) is 0 Å². The summed E-state index contributed by atoms with van der Waals surface area (Å²) >= 11 is 1.36. The summed E-state index contributed by atoms with van der Waals surface area (Å²) in [6.45, 7) is 3.86. The van der Waals surface area contributed by atoms with Crippen molar-refractivity contribution < 1.29 is 0 Å². The Morgan fingerprint density at radius 2 is 2.30 bits per heavy atom. The van der Waals surface area contributed by atoms with Crippen molar-refractivity contribution in [2.45, 2.75) is 42.9 Å². The lowest BCUT2D eigenvalue weighted by Gasteiger charge is -2.11. The molecule has 0 amide bonds. The zero-order chi connectivity index (χ0) is 14.5. The Labute approximate surface area is 122 Å². The molecule has 0 aliphatic heterocycles. The predicted molar refractivity (Wildman–Crippen MR) is 79.9 cm³/mol. The summed E-state index contributed by atoms with van der Waals surface area (Å²) in [4.78, 5) is 22.8. The molecule has 0 fully saturated rings. The molecule has 2 rings (SSSR count). The van der Waals surface area contributed by atoms with Crippen LogP contribution in [0.4, 0.5) is 0 Å². The Morgan fingerprint density at radius 1 is 1.50 bits per heavy atom. The standard InChI is InChI=1S/C14H18N4OS/c1-3-11(15)8-10-5-4-6-16-13(10)20-14-17-9(2)7-12(19)18-14/h4-7,11H,3,8,15H2,1-2H3,(H,17,18,19). The first-order chi connectivity index (χ1) is 9.58. The number of rotatable bonds is 5. The molecule has 106 valence electrons. The fourth-order valence-corrected chi connectivity index (χ4v) is 2.71. The molecule has 0 radical (unpaired) electrons. The van der Waals surface area contributed by atoms with Crippen LogP contribution in [0.5, 0.6) is 0 Å². The van der Waals surface area contributed by atoms with E-state index in [1.807, 2.05) is 12.1 Å². The van der Waals surface area contributed by atoms with Crippen molar-refractivity contribution in [3.05, 3.63) is 46.0 Å². The van der Waals surface area contributed by atoms with Gasteiger partial charge in [0.25, 0.3) is 5.56 Å². The molecule has 20 heavy (non-hydrogen) atoms. The van der Waals surface area contributed by atoms with E-state index in [-0.39, 0.29) is 11.6 Å². The second-order valence-corrected chi connectivity index (χ2v) is 5.61. The van der Waals surface area contributed by atoms with Crippen molar-refractivity contribution in [1.82, 2.24) is 15.0 Å². The third-order valence-electron chi connectivity index (χ3n) is 2.90. The maximum Gasteiger partial charge on any atom is 0.251 e. The molecule has 3 N–H and O–H groups in total. The highest BCUT2D eigenvalue weighted by Gasteiger charge is 2.10. The molecule has 0 saturated carbocycles. The van der Waals surface area contributed by atoms with Crippen molar-refractivity contribution in [3.8, 4) is 0 Å². The van der Waals surface area contributed by atoms with E-state index in [1.165, 1.54) is 17.8 Å². The maximum absolute atomic E-state index is 11.5. The molecule has 0 spiro atoms. The second kappa shape index (κ2) is 6.67. The van der Waals surface area contributed by atoms with Gasteiger partial charge in [0.2, 0.25) is 0 Å². The van der Waals surface area contributed by atoms with Gasteiger partial charge in [-0.25, -0.2) is 9.97 Å². The first-order valence-corrected chi connectivity index (χ1v) is 7.35. The molecule has 0 aliphatic rings. The lowest BCUT2D eigenvalue weighted by atomic mass is 10.1. The minimum atomic E-state index is -0.150. The van der Waals surface area contributed by atoms with Crippen LogP contribution in [0.1, 0.15) is 24.6 Å². The van der Waals surface area contributed by atoms with E-state index in [4.69, 9.17) is 5.73 Å².